The second-order valence-corrected chi connectivity index (χ2v) is 14.3. The molecule has 11 rings (SSSR count). The molecule has 0 radical (unpaired) electrons. The summed E-state index contributed by atoms with van der Waals surface area (Å²) in [4.78, 5) is 5.38. The van der Waals surface area contributed by atoms with Crippen molar-refractivity contribution in [2.45, 2.75) is 6.17 Å². The summed E-state index contributed by atoms with van der Waals surface area (Å²) in [6.45, 7) is 0. The summed E-state index contributed by atoms with van der Waals surface area (Å²) < 4.78 is 9.32. The van der Waals surface area contributed by atoms with Gasteiger partial charge < -0.3 is 14.3 Å². The summed E-state index contributed by atoms with van der Waals surface area (Å²) >= 11 is 0. The molecule has 1 aliphatic rings. The number of nitrogens with zero attached hydrogens (tertiary/aromatic N) is 2. The molecule has 3 heterocycles. The fourth-order valence-corrected chi connectivity index (χ4v) is 8.45. The number of hydrogen-bond acceptors (Lipinski definition) is 3. The highest BCUT2D eigenvalue weighted by atomic mass is 16.3. The Hall–Kier alpha value is -7.43. The monoisotopic (exact) mass is 717 g/mol. The van der Waals surface area contributed by atoms with Crippen molar-refractivity contribution in [1.29, 1.82) is 0 Å². The number of benzene rings is 8. The minimum Gasteiger partial charge on any atom is -0.453 e. The number of furan rings is 1. The Bertz CT molecular complexity index is 3150. The molecule has 1 aliphatic heterocycles. The summed E-state index contributed by atoms with van der Waals surface area (Å²) in [6.07, 6.45) is 1.86. The fraction of sp³-hybridized carbons (Fsp3) is 0.0192. The summed E-state index contributed by atoms with van der Waals surface area (Å²) in [7, 11) is 0. The molecule has 0 saturated carbocycles. The molecule has 56 heavy (non-hydrogen) atoms. The average molecular weight is 718 g/mol. The molecule has 264 valence electrons. The summed E-state index contributed by atoms with van der Waals surface area (Å²) in [5.74, 6) is 0. The van der Waals surface area contributed by atoms with Crippen LogP contribution in [0.2, 0.25) is 0 Å². The van der Waals surface area contributed by atoms with Gasteiger partial charge in [-0.25, -0.2) is 0 Å². The number of rotatable bonds is 6. The van der Waals surface area contributed by atoms with E-state index < -0.39 is 0 Å². The van der Waals surface area contributed by atoms with Gasteiger partial charge in [0.1, 0.15) is 11.7 Å². The molecule has 0 bridgehead atoms. The number of fused-ring (bicyclic) bond motifs is 6. The third-order valence-corrected chi connectivity index (χ3v) is 11.1. The molecule has 0 spiro atoms. The second-order valence-electron chi connectivity index (χ2n) is 14.3. The van der Waals surface area contributed by atoms with E-state index in [1.165, 1.54) is 21.9 Å². The molecule has 1 unspecified atom stereocenters. The van der Waals surface area contributed by atoms with Gasteiger partial charge in [0, 0.05) is 38.4 Å². The lowest BCUT2D eigenvalue weighted by molar-refractivity contribution is 0.664. The first-order valence-corrected chi connectivity index (χ1v) is 19.1. The Kier molecular flexibility index (Phi) is 7.52. The molecule has 0 fully saturated rings. The first kappa shape index (κ1) is 32.0. The minimum absolute atomic E-state index is 0.333. The van der Waals surface area contributed by atoms with Crippen molar-refractivity contribution in [2.24, 2.45) is 4.99 Å². The Morgan fingerprint density at radius 1 is 0.446 bits per heavy atom. The Morgan fingerprint density at radius 2 is 1.02 bits per heavy atom. The van der Waals surface area contributed by atoms with E-state index in [1.807, 2.05) is 6.07 Å². The third-order valence-electron chi connectivity index (χ3n) is 11.1. The van der Waals surface area contributed by atoms with Crippen molar-refractivity contribution in [1.82, 2.24) is 9.88 Å². The molecule has 8 aromatic carbocycles. The first-order chi connectivity index (χ1) is 27.8. The van der Waals surface area contributed by atoms with Gasteiger partial charge in [-0.05, 0) is 52.1 Å². The van der Waals surface area contributed by atoms with Gasteiger partial charge in [-0.15, -0.1) is 0 Å². The lowest BCUT2D eigenvalue weighted by Crippen LogP contribution is -2.25. The lowest BCUT2D eigenvalue weighted by Gasteiger charge is -2.26. The normalized spacial score (nSPS) is 14.2. The summed E-state index contributed by atoms with van der Waals surface area (Å²) in [5.41, 5.74) is 14.8. The van der Waals surface area contributed by atoms with Crippen LogP contribution in [0.1, 0.15) is 22.9 Å². The van der Waals surface area contributed by atoms with Crippen LogP contribution in [0.15, 0.2) is 210 Å². The fourth-order valence-electron chi connectivity index (χ4n) is 8.45. The van der Waals surface area contributed by atoms with Gasteiger partial charge in [-0.1, -0.05) is 176 Å². The van der Waals surface area contributed by atoms with E-state index >= 15 is 0 Å². The van der Waals surface area contributed by atoms with Crippen LogP contribution in [0.4, 0.5) is 0 Å². The highest BCUT2D eigenvalue weighted by molar-refractivity contribution is 6.15. The van der Waals surface area contributed by atoms with Gasteiger partial charge in [0.05, 0.1) is 22.4 Å². The molecular weight excluding hydrogens is 683 g/mol. The van der Waals surface area contributed by atoms with Gasteiger partial charge in [0.25, 0.3) is 0 Å². The zero-order valence-electron chi connectivity index (χ0n) is 30.4. The standard InChI is InChI=1S/C52H35N3O/c1-4-16-34(17-5-1)38-22-10-11-23-40(38)46-33-45(36-20-8-3-9-21-36)53-52(54-46)37-30-31-42-41-24-12-13-28-47(41)55(49(42)32-37)48-29-15-27-44-43-26-14-25-39(50(43)56-51(44)48)35-18-6-2-7-19-35/h1-33,52,54H. The van der Waals surface area contributed by atoms with E-state index in [4.69, 9.17) is 9.41 Å². The zero-order chi connectivity index (χ0) is 37.0. The van der Waals surface area contributed by atoms with Gasteiger partial charge >= 0.3 is 0 Å². The number of allylic oxidation sites excluding steroid dienone is 1. The number of aromatic nitrogens is 1. The molecule has 4 heteroatoms. The minimum atomic E-state index is -0.333. The molecule has 0 amide bonds. The van der Waals surface area contributed by atoms with Crippen LogP contribution in [0.25, 0.3) is 77.4 Å². The van der Waals surface area contributed by atoms with Crippen LogP contribution in [0.3, 0.4) is 0 Å². The van der Waals surface area contributed by atoms with E-state index in [-0.39, 0.29) is 6.17 Å². The Morgan fingerprint density at radius 3 is 1.79 bits per heavy atom. The number of para-hydroxylation sites is 3. The van der Waals surface area contributed by atoms with Crippen molar-refractivity contribution in [2.75, 3.05) is 0 Å². The highest BCUT2D eigenvalue weighted by Crippen LogP contribution is 2.42. The van der Waals surface area contributed by atoms with E-state index in [2.05, 4.69) is 204 Å². The summed E-state index contributed by atoms with van der Waals surface area (Å²) in [6, 6.07) is 68.5. The van der Waals surface area contributed by atoms with Crippen LogP contribution in [-0.4, -0.2) is 10.3 Å². The highest BCUT2D eigenvalue weighted by Gasteiger charge is 2.24. The quantitative estimate of drug-likeness (QED) is 0.186. The Labute approximate surface area is 324 Å². The van der Waals surface area contributed by atoms with Crippen LogP contribution >= 0.6 is 0 Å². The Balaban J connectivity index is 1.10. The number of aliphatic imine (C=N–C) groups is 1. The van der Waals surface area contributed by atoms with E-state index in [9.17, 15) is 0 Å². The van der Waals surface area contributed by atoms with E-state index in [0.29, 0.717) is 0 Å². The number of nitrogens with one attached hydrogen (secondary N) is 1. The average Bonchev–Trinajstić information content (AvgIpc) is 3.83. The largest absolute Gasteiger partial charge is 0.453 e. The lowest BCUT2D eigenvalue weighted by atomic mass is 9.95. The second kappa shape index (κ2) is 13.2. The zero-order valence-corrected chi connectivity index (χ0v) is 30.4. The maximum Gasteiger partial charge on any atom is 0.159 e. The molecule has 1 N–H and O–H groups in total. The van der Waals surface area contributed by atoms with Gasteiger partial charge in [-0.3, -0.25) is 4.99 Å². The topological polar surface area (TPSA) is 42.5 Å². The molecule has 0 aliphatic carbocycles. The summed E-state index contributed by atoms with van der Waals surface area (Å²) in [5, 5.41) is 8.43. The first-order valence-electron chi connectivity index (χ1n) is 19.1. The smallest absolute Gasteiger partial charge is 0.159 e. The van der Waals surface area contributed by atoms with Gasteiger partial charge in [0.15, 0.2) is 5.58 Å². The molecule has 1 atom stereocenters. The molecule has 10 aromatic rings. The van der Waals surface area contributed by atoms with Crippen LogP contribution in [0.5, 0.6) is 0 Å². The molecule has 4 nitrogen and oxygen atoms in total. The van der Waals surface area contributed by atoms with Crippen LogP contribution in [-0.2, 0) is 0 Å². The van der Waals surface area contributed by atoms with Crippen molar-refractivity contribution < 1.29 is 4.42 Å². The van der Waals surface area contributed by atoms with Crippen molar-refractivity contribution >= 4 is 55.2 Å². The van der Waals surface area contributed by atoms with Crippen LogP contribution in [0, 0.1) is 0 Å². The van der Waals surface area contributed by atoms with Crippen LogP contribution < -0.4 is 5.32 Å². The SMILES string of the molecule is C1=C(c2ccccc2-c2ccccc2)NC(c2ccc3c4ccccc4n(-c4cccc5c4oc4c(-c6ccccc6)cccc45)c3c2)N=C1c1ccccc1. The predicted octanol–water partition coefficient (Wildman–Crippen LogP) is 13.1. The van der Waals surface area contributed by atoms with E-state index in [0.717, 1.165) is 77.9 Å². The van der Waals surface area contributed by atoms with Gasteiger partial charge in [-0.2, -0.15) is 0 Å². The maximum absolute atomic E-state index is 6.95. The van der Waals surface area contributed by atoms with Gasteiger partial charge in [0.2, 0.25) is 0 Å². The van der Waals surface area contributed by atoms with Crippen molar-refractivity contribution in [3.05, 3.63) is 217 Å². The van der Waals surface area contributed by atoms with Crippen molar-refractivity contribution in [3.63, 3.8) is 0 Å². The molecule has 0 saturated heterocycles. The third kappa shape index (κ3) is 5.26. The predicted molar refractivity (Wildman–Crippen MR) is 232 cm³/mol. The molecular formula is C52H35N3O. The number of hydrogen-bond donors (Lipinski definition) is 1. The van der Waals surface area contributed by atoms with E-state index in [1.54, 1.807) is 0 Å². The molecule has 2 aromatic heterocycles. The van der Waals surface area contributed by atoms with Crippen molar-refractivity contribution in [3.8, 4) is 27.9 Å². The maximum atomic E-state index is 6.95.